The molecule has 1 rings (SSSR count). The lowest BCUT2D eigenvalue weighted by atomic mass is 10.00. The van der Waals surface area contributed by atoms with Crippen LogP contribution in [0.2, 0.25) is 0 Å². The molecule has 1 heterocycles. The van der Waals surface area contributed by atoms with Crippen molar-refractivity contribution in [3.8, 4) is 0 Å². The van der Waals surface area contributed by atoms with Crippen molar-refractivity contribution in [1.82, 2.24) is 4.98 Å². The van der Waals surface area contributed by atoms with E-state index in [1.54, 1.807) is 0 Å². The number of pyridine rings is 1. The Balaban J connectivity index is 2.36. The van der Waals surface area contributed by atoms with Crippen molar-refractivity contribution >= 4 is 0 Å². The summed E-state index contributed by atoms with van der Waals surface area (Å²) in [6, 6.07) is 2.13. The maximum absolute atomic E-state index is 9.73. The van der Waals surface area contributed by atoms with Crippen LogP contribution in [0.15, 0.2) is 18.5 Å². The summed E-state index contributed by atoms with van der Waals surface area (Å²) in [5, 5.41) is 9.73. The van der Waals surface area contributed by atoms with Crippen LogP contribution in [0.1, 0.15) is 37.8 Å². The Hall–Kier alpha value is -0.890. The van der Waals surface area contributed by atoms with E-state index in [9.17, 15) is 5.11 Å². The van der Waals surface area contributed by atoms with Crippen molar-refractivity contribution in [1.29, 1.82) is 0 Å². The van der Waals surface area contributed by atoms with Crippen LogP contribution in [0, 0.1) is 12.8 Å². The fraction of sp³-hybridized carbons (Fsp3) is 0.615. The summed E-state index contributed by atoms with van der Waals surface area (Å²) in [4.78, 5) is 4.14. The van der Waals surface area contributed by atoms with E-state index in [2.05, 4.69) is 24.9 Å². The monoisotopic (exact) mass is 207 g/mol. The molecule has 0 saturated heterocycles. The summed E-state index contributed by atoms with van der Waals surface area (Å²) in [5.41, 5.74) is 2.41. The quantitative estimate of drug-likeness (QED) is 0.805. The van der Waals surface area contributed by atoms with Gasteiger partial charge in [0.2, 0.25) is 0 Å². The molecule has 1 N–H and O–H groups in total. The number of aliphatic hydroxyl groups excluding tert-OH is 1. The van der Waals surface area contributed by atoms with Crippen LogP contribution in [-0.2, 0) is 6.42 Å². The summed E-state index contributed by atoms with van der Waals surface area (Å²) >= 11 is 0. The van der Waals surface area contributed by atoms with Crippen LogP contribution in [0.3, 0.4) is 0 Å². The molecule has 0 aliphatic carbocycles. The van der Waals surface area contributed by atoms with Crippen molar-refractivity contribution in [2.75, 3.05) is 0 Å². The average Bonchev–Trinajstić information content (AvgIpc) is 2.14. The van der Waals surface area contributed by atoms with Crippen molar-refractivity contribution in [3.05, 3.63) is 29.6 Å². The van der Waals surface area contributed by atoms with Gasteiger partial charge in [-0.2, -0.15) is 0 Å². The van der Waals surface area contributed by atoms with Crippen LogP contribution in [0.4, 0.5) is 0 Å². The molecule has 1 aromatic rings. The van der Waals surface area contributed by atoms with E-state index in [1.807, 2.05) is 19.3 Å². The Kier molecular flexibility index (Phi) is 4.76. The molecule has 1 aromatic heterocycles. The molecule has 1 unspecified atom stereocenters. The number of aryl methyl sites for hydroxylation is 2. The number of hydrogen-bond donors (Lipinski definition) is 1. The zero-order valence-corrected chi connectivity index (χ0v) is 9.90. The van der Waals surface area contributed by atoms with Crippen molar-refractivity contribution in [3.63, 3.8) is 0 Å². The second-order valence-corrected chi connectivity index (χ2v) is 4.69. The van der Waals surface area contributed by atoms with Gasteiger partial charge in [-0.3, -0.25) is 4.98 Å². The first-order valence-corrected chi connectivity index (χ1v) is 5.66. The Bertz CT molecular complexity index is 296. The van der Waals surface area contributed by atoms with Gasteiger partial charge in [0.1, 0.15) is 0 Å². The molecule has 15 heavy (non-hydrogen) atoms. The summed E-state index contributed by atoms with van der Waals surface area (Å²) in [6.45, 7) is 6.32. The maximum Gasteiger partial charge on any atom is 0.0545 e. The Morgan fingerprint density at radius 2 is 2.07 bits per heavy atom. The zero-order chi connectivity index (χ0) is 11.3. The SMILES string of the molecule is Cc1cncc(CCC(O)CC(C)C)c1. The van der Waals surface area contributed by atoms with Gasteiger partial charge in [-0.05, 0) is 43.2 Å². The van der Waals surface area contributed by atoms with Crippen LogP contribution >= 0.6 is 0 Å². The Morgan fingerprint density at radius 1 is 1.33 bits per heavy atom. The molecule has 0 spiro atoms. The molecule has 0 fully saturated rings. The highest BCUT2D eigenvalue weighted by atomic mass is 16.3. The van der Waals surface area contributed by atoms with Gasteiger partial charge < -0.3 is 5.11 Å². The van der Waals surface area contributed by atoms with Gasteiger partial charge in [0.25, 0.3) is 0 Å². The van der Waals surface area contributed by atoms with Crippen LogP contribution in [0.5, 0.6) is 0 Å². The van der Waals surface area contributed by atoms with Gasteiger partial charge in [0, 0.05) is 12.4 Å². The molecule has 2 nitrogen and oxygen atoms in total. The zero-order valence-electron chi connectivity index (χ0n) is 9.90. The fourth-order valence-corrected chi connectivity index (χ4v) is 1.75. The van der Waals surface area contributed by atoms with E-state index in [1.165, 1.54) is 11.1 Å². The lowest BCUT2D eigenvalue weighted by Crippen LogP contribution is -2.11. The van der Waals surface area contributed by atoms with Gasteiger partial charge in [-0.25, -0.2) is 0 Å². The average molecular weight is 207 g/mol. The second-order valence-electron chi connectivity index (χ2n) is 4.69. The first-order chi connectivity index (χ1) is 7.08. The number of aliphatic hydroxyl groups is 1. The minimum absolute atomic E-state index is 0.175. The third-order valence-electron chi connectivity index (χ3n) is 2.44. The van der Waals surface area contributed by atoms with Gasteiger partial charge in [-0.1, -0.05) is 19.9 Å². The normalized spacial score (nSPS) is 13.1. The summed E-state index contributed by atoms with van der Waals surface area (Å²) in [6.07, 6.45) is 6.21. The molecule has 0 amide bonds. The fourth-order valence-electron chi connectivity index (χ4n) is 1.75. The van der Waals surface area contributed by atoms with Crippen molar-refractivity contribution in [2.24, 2.45) is 5.92 Å². The third-order valence-corrected chi connectivity index (χ3v) is 2.44. The maximum atomic E-state index is 9.73. The highest BCUT2D eigenvalue weighted by Crippen LogP contribution is 2.11. The van der Waals surface area contributed by atoms with Crippen LogP contribution in [-0.4, -0.2) is 16.2 Å². The van der Waals surface area contributed by atoms with E-state index < -0.39 is 0 Å². The van der Waals surface area contributed by atoms with Crippen molar-refractivity contribution in [2.45, 2.75) is 46.1 Å². The molecular formula is C13H21NO. The van der Waals surface area contributed by atoms with E-state index >= 15 is 0 Å². The molecule has 2 heteroatoms. The number of nitrogens with zero attached hydrogens (tertiary/aromatic N) is 1. The highest BCUT2D eigenvalue weighted by molar-refractivity contribution is 5.16. The molecule has 0 aliphatic heterocycles. The van der Waals surface area contributed by atoms with Crippen LogP contribution in [0.25, 0.3) is 0 Å². The first kappa shape index (κ1) is 12.2. The highest BCUT2D eigenvalue weighted by Gasteiger charge is 2.07. The largest absolute Gasteiger partial charge is 0.393 e. The predicted molar refractivity (Wildman–Crippen MR) is 62.8 cm³/mol. The molecule has 0 aliphatic rings. The number of aromatic nitrogens is 1. The Labute approximate surface area is 92.4 Å². The minimum atomic E-state index is -0.175. The summed E-state index contributed by atoms with van der Waals surface area (Å²) in [7, 11) is 0. The molecule has 84 valence electrons. The van der Waals surface area contributed by atoms with Crippen molar-refractivity contribution < 1.29 is 5.11 Å². The standard InChI is InChI=1S/C13H21NO/c1-10(2)6-13(15)5-4-12-7-11(3)8-14-9-12/h7-10,13,15H,4-6H2,1-3H3. The van der Waals surface area contributed by atoms with Gasteiger partial charge in [0.15, 0.2) is 0 Å². The second kappa shape index (κ2) is 5.86. The minimum Gasteiger partial charge on any atom is -0.393 e. The summed E-state index contributed by atoms with van der Waals surface area (Å²) < 4.78 is 0. The third kappa shape index (κ3) is 4.93. The molecule has 0 saturated carbocycles. The lowest BCUT2D eigenvalue weighted by molar-refractivity contribution is 0.139. The summed E-state index contributed by atoms with van der Waals surface area (Å²) in [5.74, 6) is 0.565. The lowest BCUT2D eigenvalue weighted by Gasteiger charge is -2.12. The first-order valence-electron chi connectivity index (χ1n) is 5.66. The van der Waals surface area contributed by atoms with Gasteiger partial charge in [0.05, 0.1) is 6.10 Å². The molecule has 0 radical (unpaired) electrons. The number of rotatable bonds is 5. The molecular weight excluding hydrogens is 186 g/mol. The van der Waals surface area contributed by atoms with E-state index in [0.29, 0.717) is 5.92 Å². The van der Waals surface area contributed by atoms with E-state index in [-0.39, 0.29) is 6.10 Å². The van der Waals surface area contributed by atoms with Gasteiger partial charge in [-0.15, -0.1) is 0 Å². The van der Waals surface area contributed by atoms with E-state index in [0.717, 1.165) is 19.3 Å². The molecule has 0 bridgehead atoms. The Morgan fingerprint density at radius 3 is 2.67 bits per heavy atom. The van der Waals surface area contributed by atoms with Crippen LogP contribution < -0.4 is 0 Å². The molecule has 0 aromatic carbocycles. The smallest absolute Gasteiger partial charge is 0.0545 e. The topological polar surface area (TPSA) is 33.1 Å². The van der Waals surface area contributed by atoms with E-state index in [4.69, 9.17) is 0 Å². The number of hydrogen-bond acceptors (Lipinski definition) is 2. The van der Waals surface area contributed by atoms with Gasteiger partial charge >= 0.3 is 0 Å². The molecule has 1 atom stereocenters. The predicted octanol–water partition coefficient (Wildman–Crippen LogP) is 2.73.